The molecule has 22 heavy (non-hydrogen) atoms. The molecular weight excluding hydrogens is 280 g/mol. The number of rotatable bonds is 3. The Morgan fingerprint density at radius 2 is 2.14 bits per heavy atom. The first-order valence-corrected chi connectivity index (χ1v) is 7.42. The van der Waals surface area contributed by atoms with Gasteiger partial charge in [0.25, 0.3) is 5.89 Å². The SMILES string of the molecule is c1ccc(-c2noc(-c3cn([C@@H]4CCCNC4)nn3)n2)cc1. The van der Waals surface area contributed by atoms with Crippen LogP contribution < -0.4 is 5.32 Å². The number of nitrogens with zero attached hydrogens (tertiary/aromatic N) is 5. The van der Waals surface area contributed by atoms with E-state index in [1.54, 1.807) is 0 Å². The largest absolute Gasteiger partial charge is 0.332 e. The van der Waals surface area contributed by atoms with Gasteiger partial charge in [0.15, 0.2) is 5.69 Å². The molecule has 2 aromatic heterocycles. The van der Waals surface area contributed by atoms with Gasteiger partial charge in [-0.05, 0) is 19.4 Å². The molecule has 1 aromatic carbocycles. The molecule has 1 N–H and O–H groups in total. The van der Waals surface area contributed by atoms with Crippen LogP contribution in [0.5, 0.6) is 0 Å². The van der Waals surface area contributed by atoms with E-state index in [1.165, 1.54) is 0 Å². The summed E-state index contributed by atoms with van der Waals surface area (Å²) in [5, 5.41) is 15.7. The first-order chi connectivity index (χ1) is 10.9. The Hall–Kier alpha value is -2.54. The second-order valence-electron chi connectivity index (χ2n) is 5.37. The van der Waals surface area contributed by atoms with E-state index in [0.29, 0.717) is 23.5 Å². The highest BCUT2D eigenvalue weighted by atomic mass is 16.5. The molecule has 3 heterocycles. The van der Waals surface area contributed by atoms with Crippen LogP contribution in [-0.2, 0) is 0 Å². The molecule has 7 heteroatoms. The van der Waals surface area contributed by atoms with Crippen LogP contribution in [0.15, 0.2) is 41.1 Å². The Balaban J connectivity index is 1.58. The molecule has 0 spiro atoms. The van der Waals surface area contributed by atoms with Crippen LogP contribution in [0.1, 0.15) is 18.9 Å². The summed E-state index contributed by atoms with van der Waals surface area (Å²) in [6, 6.07) is 10.1. The molecule has 1 aliphatic rings. The van der Waals surface area contributed by atoms with Gasteiger partial charge in [-0.1, -0.05) is 40.7 Å². The minimum absolute atomic E-state index is 0.339. The van der Waals surface area contributed by atoms with E-state index in [9.17, 15) is 0 Å². The van der Waals surface area contributed by atoms with Gasteiger partial charge in [-0.25, -0.2) is 4.68 Å². The van der Waals surface area contributed by atoms with E-state index in [1.807, 2.05) is 41.2 Å². The highest BCUT2D eigenvalue weighted by Gasteiger charge is 2.19. The lowest BCUT2D eigenvalue weighted by Gasteiger charge is -2.22. The normalized spacial score (nSPS) is 18.5. The zero-order chi connectivity index (χ0) is 14.8. The maximum absolute atomic E-state index is 5.31. The van der Waals surface area contributed by atoms with Crippen LogP contribution in [0, 0.1) is 0 Å². The van der Waals surface area contributed by atoms with Gasteiger partial charge in [0, 0.05) is 12.1 Å². The monoisotopic (exact) mass is 296 g/mol. The van der Waals surface area contributed by atoms with Gasteiger partial charge in [0.1, 0.15) is 0 Å². The number of nitrogens with one attached hydrogen (secondary N) is 1. The molecule has 1 atom stereocenters. The molecule has 3 aromatic rings. The predicted molar refractivity (Wildman–Crippen MR) is 79.9 cm³/mol. The zero-order valence-electron chi connectivity index (χ0n) is 12.0. The summed E-state index contributed by atoms with van der Waals surface area (Å²) in [6.07, 6.45) is 4.13. The first-order valence-electron chi connectivity index (χ1n) is 7.42. The Labute approximate surface area is 127 Å². The molecule has 1 fully saturated rings. The van der Waals surface area contributed by atoms with Crippen molar-refractivity contribution in [1.82, 2.24) is 30.5 Å². The molecule has 0 saturated carbocycles. The Kier molecular flexibility index (Phi) is 3.40. The summed E-state index contributed by atoms with van der Waals surface area (Å²) in [5.41, 5.74) is 1.53. The molecule has 0 amide bonds. The minimum atomic E-state index is 0.339. The Morgan fingerprint density at radius 3 is 2.95 bits per heavy atom. The van der Waals surface area contributed by atoms with Gasteiger partial charge in [0.2, 0.25) is 5.82 Å². The first kappa shape index (κ1) is 13.1. The van der Waals surface area contributed by atoms with Gasteiger partial charge in [0.05, 0.1) is 12.2 Å². The molecule has 1 aliphatic heterocycles. The minimum Gasteiger partial charge on any atom is -0.332 e. The van der Waals surface area contributed by atoms with Crippen molar-refractivity contribution in [3.05, 3.63) is 36.5 Å². The van der Waals surface area contributed by atoms with Crippen molar-refractivity contribution in [2.24, 2.45) is 0 Å². The van der Waals surface area contributed by atoms with E-state index in [4.69, 9.17) is 4.52 Å². The fraction of sp³-hybridized carbons (Fsp3) is 0.333. The molecule has 0 unspecified atom stereocenters. The van der Waals surface area contributed by atoms with Crippen LogP contribution in [0.4, 0.5) is 0 Å². The number of aromatic nitrogens is 5. The highest BCUT2D eigenvalue weighted by Crippen LogP contribution is 2.22. The fourth-order valence-corrected chi connectivity index (χ4v) is 2.64. The van der Waals surface area contributed by atoms with Gasteiger partial charge in [-0.2, -0.15) is 4.98 Å². The topological polar surface area (TPSA) is 81.7 Å². The van der Waals surface area contributed by atoms with E-state index < -0.39 is 0 Å². The summed E-state index contributed by atoms with van der Waals surface area (Å²) in [7, 11) is 0. The Bertz CT molecular complexity index is 744. The second-order valence-corrected chi connectivity index (χ2v) is 5.37. The van der Waals surface area contributed by atoms with Crippen molar-refractivity contribution < 1.29 is 4.52 Å². The smallest absolute Gasteiger partial charge is 0.280 e. The lowest BCUT2D eigenvalue weighted by molar-refractivity contribution is 0.341. The molecule has 0 aliphatic carbocycles. The van der Waals surface area contributed by atoms with Gasteiger partial charge >= 0.3 is 0 Å². The summed E-state index contributed by atoms with van der Waals surface area (Å²) in [5.74, 6) is 0.957. The van der Waals surface area contributed by atoms with E-state index in [-0.39, 0.29) is 0 Å². The molecule has 112 valence electrons. The number of hydrogen-bond donors (Lipinski definition) is 1. The molecular formula is C15H16N6O. The number of hydrogen-bond acceptors (Lipinski definition) is 6. The van der Waals surface area contributed by atoms with E-state index in [2.05, 4.69) is 25.8 Å². The van der Waals surface area contributed by atoms with Crippen LogP contribution in [-0.4, -0.2) is 38.2 Å². The molecule has 0 radical (unpaired) electrons. The van der Waals surface area contributed by atoms with Crippen LogP contribution in [0.3, 0.4) is 0 Å². The summed E-state index contributed by atoms with van der Waals surface area (Å²) >= 11 is 0. The molecule has 4 rings (SSSR count). The summed E-state index contributed by atoms with van der Waals surface area (Å²) in [6.45, 7) is 1.99. The quantitative estimate of drug-likeness (QED) is 0.795. The van der Waals surface area contributed by atoms with Crippen molar-refractivity contribution in [1.29, 1.82) is 0 Å². The average molecular weight is 296 g/mol. The molecule has 7 nitrogen and oxygen atoms in total. The average Bonchev–Trinajstić information content (AvgIpc) is 3.26. The third-order valence-corrected chi connectivity index (χ3v) is 3.83. The van der Waals surface area contributed by atoms with Crippen molar-refractivity contribution in [3.8, 4) is 23.0 Å². The maximum Gasteiger partial charge on any atom is 0.280 e. The van der Waals surface area contributed by atoms with E-state index >= 15 is 0 Å². The van der Waals surface area contributed by atoms with Crippen molar-refractivity contribution >= 4 is 0 Å². The van der Waals surface area contributed by atoms with Crippen molar-refractivity contribution in [2.75, 3.05) is 13.1 Å². The van der Waals surface area contributed by atoms with Crippen LogP contribution in [0.25, 0.3) is 23.0 Å². The lowest BCUT2D eigenvalue weighted by Crippen LogP contribution is -2.31. The number of benzene rings is 1. The van der Waals surface area contributed by atoms with Crippen molar-refractivity contribution in [2.45, 2.75) is 18.9 Å². The third kappa shape index (κ3) is 2.50. The zero-order valence-corrected chi connectivity index (χ0v) is 12.0. The molecule has 1 saturated heterocycles. The predicted octanol–water partition coefficient (Wildman–Crippen LogP) is 1.92. The lowest BCUT2D eigenvalue weighted by atomic mass is 10.1. The molecule has 0 bridgehead atoms. The van der Waals surface area contributed by atoms with Crippen LogP contribution in [0.2, 0.25) is 0 Å². The summed E-state index contributed by atoms with van der Waals surface area (Å²) in [4.78, 5) is 4.40. The van der Waals surface area contributed by atoms with E-state index in [0.717, 1.165) is 31.5 Å². The standard InChI is InChI=1S/C15H16N6O/c1-2-5-11(6-3-1)14-17-15(22-19-14)13-10-21(20-18-13)12-7-4-8-16-9-12/h1-3,5-6,10,12,16H,4,7-9H2/t12-/m1/s1. The van der Waals surface area contributed by atoms with Gasteiger partial charge in [-0.3, -0.25) is 0 Å². The fourth-order valence-electron chi connectivity index (χ4n) is 2.64. The third-order valence-electron chi connectivity index (χ3n) is 3.83. The van der Waals surface area contributed by atoms with Crippen LogP contribution >= 0.6 is 0 Å². The summed E-state index contributed by atoms with van der Waals surface area (Å²) < 4.78 is 7.20. The van der Waals surface area contributed by atoms with Crippen molar-refractivity contribution in [3.63, 3.8) is 0 Å². The maximum atomic E-state index is 5.31. The van der Waals surface area contributed by atoms with Gasteiger partial charge in [-0.15, -0.1) is 5.10 Å². The number of piperidine rings is 1. The second kappa shape index (κ2) is 5.69. The van der Waals surface area contributed by atoms with Gasteiger partial charge < -0.3 is 9.84 Å². The highest BCUT2D eigenvalue weighted by molar-refractivity contribution is 5.57. The Morgan fingerprint density at radius 1 is 1.23 bits per heavy atom.